The second kappa shape index (κ2) is 10.0. The molecule has 0 amide bonds. The highest BCUT2D eigenvalue weighted by Gasteiger charge is 2.11. The van der Waals surface area contributed by atoms with Crippen molar-refractivity contribution in [2.45, 2.75) is 12.8 Å². The van der Waals surface area contributed by atoms with E-state index in [1.807, 2.05) is 12.1 Å². The van der Waals surface area contributed by atoms with Gasteiger partial charge in [0.1, 0.15) is 5.75 Å². The molecule has 0 aliphatic rings. The van der Waals surface area contributed by atoms with Crippen LogP contribution >= 0.6 is 0 Å². The lowest BCUT2D eigenvalue weighted by molar-refractivity contribution is 0.197. The van der Waals surface area contributed by atoms with E-state index in [1.165, 1.54) is 11.1 Å². The van der Waals surface area contributed by atoms with Gasteiger partial charge in [-0.05, 0) is 48.6 Å². The maximum absolute atomic E-state index is 5.24. The van der Waals surface area contributed by atoms with Crippen molar-refractivity contribution in [3.63, 3.8) is 0 Å². The van der Waals surface area contributed by atoms with Crippen LogP contribution in [-0.4, -0.2) is 33.9 Å². The lowest BCUT2D eigenvalue weighted by atomic mass is 9.92. The molecule has 1 unspecified atom stereocenters. The van der Waals surface area contributed by atoms with Crippen LogP contribution in [0.25, 0.3) is 0 Å². The number of ether oxygens (including phenoxy) is 2. The Bertz CT molecular complexity index is 539. The van der Waals surface area contributed by atoms with Crippen LogP contribution in [0.5, 0.6) is 5.75 Å². The van der Waals surface area contributed by atoms with Gasteiger partial charge in [0.15, 0.2) is 0 Å². The number of benzene rings is 2. The molecular weight excluding hydrogens is 286 g/mol. The molecule has 0 bridgehead atoms. The lowest BCUT2D eigenvalue weighted by Crippen LogP contribution is -2.28. The molecule has 0 saturated heterocycles. The molecule has 2 rings (SSSR count). The molecule has 0 radical (unpaired) electrons. The predicted octanol–water partition coefficient (Wildman–Crippen LogP) is 3.33. The molecule has 2 aromatic carbocycles. The smallest absolute Gasteiger partial charge is 0.118 e. The Morgan fingerprint density at radius 3 is 2.13 bits per heavy atom. The van der Waals surface area contributed by atoms with Crippen LogP contribution < -0.4 is 10.1 Å². The van der Waals surface area contributed by atoms with Gasteiger partial charge in [-0.1, -0.05) is 42.5 Å². The number of methoxy groups -OCH3 is 2. The predicted molar refractivity (Wildman–Crippen MR) is 95.1 cm³/mol. The summed E-state index contributed by atoms with van der Waals surface area (Å²) < 4.78 is 10.3. The third-order valence-electron chi connectivity index (χ3n) is 3.97. The Kier molecular flexibility index (Phi) is 7.64. The highest BCUT2D eigenvalue weighted by molar-refractivity contribution is 5.27. The highest BCUT2D eigenvalue weighted by Crippen LogP contribution is 2.17. The zero-order valence-corrected chi connectivity index (χ0v) is 14.1. The molecule has 2 aromatic rings. The van der Waals surface area contributed by atoms with Gasteiger partial charge >= 0.3 is 0 Å². The van der Waals surface area contributed by atoms with Crippen LogP contribution in [0, 0.1) is 5.92 Å². The van der Waals surface area contributed by atoms with Gasteiger partial charge in [-0.15, -0.1) is 0 Å². The van der Waals surface area contributed by atoms with Crippen molar-refractivity contribution in [1.82, 2.24) is 5.32 Å². The number of nitrogens with one attached hydrogen (secondary N) is 1. The number of hydrogen-bond donors (Lipinski definition) is 1. The zero-order valence-electron chi connectivity index (χ0n) is 14.1. The molecule has 3 heteroatoms. The fourth-order valence-corrected chi connectivity index (χ4v) is 2.74. The number of rotatable bonds is 10. The van der Waals surface area contributed by atoms with Crippen molar-refractivity contribution < 1.29 is 9.47 Å². The number of hydrogen-bond acceptors (Lipinski definition) is 3. The van der Waals surface area contributed by atoms with Crippen molar-refractivity contribution in [1.29, 1.82) is 0 Å². The minimum Gasteiger partial charge on any atom is -0.497 e. The van der Waals surface area contributed by atoms with E-state index in [4.69, 9.17) is 9.47 Å². The first kappa shape index (κ1) is 17.5. The Labute approximate surface area is 139 Å². The van der Waals surface area contributed by atoms with E-state index < -0.39 is 0 Å². The quantitative estimate of drug-likeness (QED) is 0.683. The molecule has 0 heterocycles. The van der Waals surface area contributed by atoms with E-state index >= 15 is 0 Å². The zero-order chi connectivity index (χ0) is 16.3. The molecule has 0 fully saturated rings. The summed E-state index contributed by atoms with van der Waals surface area (Å²) in [5.74, 6) is 1.47. The van der Waals surface area contributed by atoms with E-state index in [2.05, 4.69) is 47.8 Å². The first-order valence-corrected chi connectivity index (χ1v) is 8.18. The fraction of sp³-hybridized carbons (Fsp3) is 0.400. The summed E-state index contributed by atoms with van der Waals surface area (Å²) in [6.07, 6.45) is 2.13. The maximum atomic E-state index is 5.24. The second-order valence-electron chi connectivity index (χ2n) is 5.80. The van der Waals surface area contributed by atoms with Gasteiger partial charge in [-0.3, -0.25) is 0 Å². The largest absolute Gasteiger partial charge is 0.497 e. The molecule has 0 saturated carbocycles. The average molecular weight is 313 g/mol. The molecule has 23 heavy (non-hydrogen) atoms. The molecule has 0 spiro atoms. The standard InChI is InChI=1S/C20H27NO2/c1-22-13-12-21-16-19(14-17-6-4-3-5-7-17)15-18-8-10-20(23-2)11-9-18/h3-11,19,21H,12-16H2,1-2H3. The van der Waals surface area contributed by atoms with E-state index in [9.17, 15) is 0 Å². The van der Waals surface area contributed by atoms with Crippen molar-refractivity contribution in [2.24, 2.45) is 5.92 Å². The van der Waals surface area contributed by atoms with E-state index in [1.54, 1.807) is 14.2 Å². The molecule has 1 atom stereocenters. The molecule has 0 aliphatic carbocycles. The molecule has 3 nitrogen and oxygen atoms in total. The van der Waals surface area contributed by atoms with Crippen molar-refractivity contribution in [2.75, 3.05) is 33.9 Å². The topological polar surface area (TPSA) is 30.5 Å². The van der Waals surface area contributed by atoms with E-state index in [-0.39, 0.29) is 0 Å². The van der Waals surface area contributed by atoms with Crippen LogP contribution in [0.1, 0.15) is 11.1 Å². The third-order valence-corrected chi connectivity index (χ3v) is 3.97. The summed E-state index contributed by atoms with van der Waals surface area (Å²) in [5, 5.41) is 3.50. The molecule has 124 valence electrons. The Morgan fingerprint density at radius 2 is 1.52 bits per heavy atom. The first-order chi connectivity index (χ1) is 11.3. The summed E-state index contributed by atoms with van der Waals surface area (Å²) in [6, 6.07) is 19.1. The average Bonchev–Trinajstić information content (AvgIpc) is 2.60. The van der Waals surface area contributed by atoms with E-state index in [0.717, 1.165) is 38.3 Å². The molecule has 0 aliphatic heterocycles. The van der Waals surface area contributed by atoms with Crippen molar-refractivity contribution >= 4 is 0 Å². The van der Waals surface area contributed by atoms with Crippen LogP contribution in [-0.2, 0) is 17.6 Å². The summed E-state index contributed by atoms with van der Waals surface area (Å²) in [6.45, 7) is 2.63. The molecular formula is C20H27NO2. The minimum absolute atomic E-state index is 0.558. The van der Waals surface area contributed by atoms with Gasteiger partial charge < -0.3 is 14.8 Å². The van der Waals surface area contributed by atoms with Crippen molar-refractivity contribution in [3.8, 4) is 5.75 Å². The van der Waals surface area contributed by atoms with Gasteiger partial charge in [-0.2, -0.15) is 0 Å². The Hall–Kier alpha value is -1.84. The summed E-state index contributed by atoms with van der Waals surface area (Å²) >= 11 is 0. The normalized spacial score (nSPS) is 12.1. The summed E-state index contributed by atoms with van der Waals surface area (Å²) in [5.41, 5.74) is 2.74. The summed E-state index contributed by atoms with van der Waals surface area (Å²) in [4.78, 5) is 0. The molecule has 1 N–H and O–H groups in total. The van der Waals surface area contributed by atoms with Gasteiger partial charge in [0.25, 0.3) is 0 Å². The van der Waals surface area contributed by atoms with Crippen LogP contribution in [0.2, 0.25) is 0 Å². The fourth-order valence-electron chi connectivity index (χ4n) is 2.74. The van der Waals surface area contributed by atoms with Gasteiger partial charge in [0.2, 0.25) is 0 Å². The van der Waals surface area contributed by atoms with E-state index in [0.29, 0.717) is 5.92 Å². The van der Waals surface area contributed by atoms with Crippen molar-refractivity contribution in [3.05, 3.63) is 65.7 Å². The van der Waals surface area contributed by atoms with Crippen LogP contribution in [0.4, 0.5) is 0 Å². The van der Waals surface area contributed by atoms with Gasteiger partial charge in [0, 0.05) is 13.7 Å². The lowest BCUT2D eigenvalue weighted by Gasteiger charge is -2.18. The Morgan fingerprint density at radius 1 is 0.870 bits per heavy atom. The SMILES string of the molecule is COCCNCC(Cc1ccccc1)Cc1ccc(OC)cc1. The minimum atomic E-state index is 0.558. The third kappa shape index (κ3) is 6.43. The maximum Gasteiger partial charge on any atom is 0.118 e. The van der Waals surface area contributed by atoms with Crippen LogP contribution in [0.15, 0.2) is 54.6 Å². The monoisotopic (exact) mass is 313 g/mol. The second-order valence-corrected chi connectivity index (χ2v) is 5.80. The van der Waals surface area contributed by atoms with Crippen LogP contribution in [0.3, 0.4) is 0 Å². The van der Waals surface area contributed by atoms with Gasteiger partial charge in [-0.25, -0.2) is 0 Å². The summed E-state index contributed by atoms with van der Waals surface area (Å²) in [7, 11) is 3.44. The Balaban J connectivity index is 1.96. The highest BCUT2D eigenvalue weighted by atomic mass is 16.5. The van der Waals surface area contributed by atoms with Gasteiger partial charge in [0.05, 0.1) is 13.7 Å². The first-order valence-electron chi connectivity index (χ1n) is 8.18. The molecule has 0 aromatic heterocycles.